The Kier molecular flexibility index (Phi) is 3.32. The molecule has 0 aliphatic carbocycles. The zero-order valence-corrected chi connectivity index (χ0v) is 9.71. The van der Waals surface area contributed by atoms with Crippen LogP contribution >= 0.6 is 0 Å². The van der Waals surface area contributed by atoms with Gasteiger partial charge < -0.3 is 15.8 Å². The summed E-state index contributed by atoms with van der Waals surface area (Å²) in [4.78, 5) is 0. The lowest BCUT2D eigenvalue weighted by Gasteiger charge is -2.11. The van der Waals surface area contributed by atoms with Gasteiger partial charge in [0, 0.05) is 6.07 Å². The molecular weight excluding hydrogens is 238 g/mol. The second-order valence-corrected chi connectivity index (χ2v) is 3.67. The Morgan fingerprint density at radius 3 is 2.56 bits per heavy atom. The van der Waals surface area contributed by atoms with E-state index in [0.717, 1.165) is 0 Å². The van der Waals surface area contributed by atoms with Crippen LogP contribution < -0.4 is 15.8 Å². The molecule has 94 valence electrons. The van der Waals surface area contributed by atoms with Crippen LogP contribution in [0, 0.1) is 11.6 Å². The fourth-order valence-electron chi connectivity index (χ4n) is 1.52. The van der Waals surface area contributed by atoms with Crippen molar-refractivity contribution in [3.05, 3.63) is 48.0 Å². The third kappa shape index (κ3) is 2.34. The van der Waals surface area contributed by atoms with Crippen LogP contribution in [0.2, 0.25) is 0 Å². The summed E-state index contributed by atoms with van der Waals surface area (Å²) in [7, 11) is 1.48. The van der Waals surface area contributed by atoms with Gasteiger partial charge in [-0.1, -0.05) is 6.07 Å². The topological polar surface area (TPSA) is 47.3 Å². The van der Waals surface area contributed by atoms with E-state index in [2.05, 4.69) is 5.32 Å². The number of methoxy groups -OCH3 is 1. The maximum Gasteiger partial charge on any atom is 0.148 e. The molecule has 0 aromatic heterocycles. The zero-order chi connectivity index (χ0) is 13.1. The SMILES string of the molecule is COc1ccc(F)c(Nc2cccc(F)c2N)c1. The van der Waals surface area contributed by atoms with E-state index >= 15 is 0 Å². The number of nitrogen functional groups attached to an aromatic ring is 1. The lowest BCUT2D eigenvalue weighted by atomic mass is 10.2. The smallest absolute Gasteiger partial charge is 0.148 e. The number of anilines is 3. The molecule has 3 nitrogen and oxygen atoms in total. The molecule has 2 rings (SSSR count). The van der Waals surface area contributed by atoms with E-state index in [1.54, 1.807) is 6.07 Å². The fourth-order valence-corrected chi connectivity index (χ4v) is 1.52. The lowest BCUT2D eigenvalue weighted by Crippen LogP contribution is -2.00. The van der Waals surface area contributed by atoms with Crippen LogP contribution in [0.4, 0.5) is 25.8 Å². The summed E-state index contributed by atoms with van der Waals surface area (Å²) >= 11 is 0. The number of nitrogens with two attached hydrogens (primary N) is 1. The molecule has 0 fully saturated rings. The van der Waals surface area contributed by atoms with Gasteiger partial charge in [0.25, 0.3) is 0 Å². The van der Waals surface area contributed by atoms with Gasteiger partial charge in [-0.05, 0) is 24.3 Å². The highest BCUT2D eigenvalue weighted by atomic mass is 19.1. The van der Waals surface area contributed by atoms with Crippen LogP contribution in [0.1, 0.15) is 0 Å². The molecule has 0 heterocycles. The van der Waals surface area contributed by atoms with Crippen LogP contribution in [0.15, 0.2) is 36.4 Å². The highest BCUT2D eigenvalue weighted by molar-refractivity contribution is 5.73. The predicted molar refractivity (Wildman–Crippen MR) is 67.0 cm³/mol. The third-order valence-electron chi connectivity index (χ3n) is 2.50. The minimum atomic E-state index is -0.552. The van der Waals surface area contributed by atoms with E-state index in [-0.39, 0.29) is 11.4 Å². The minimum absolute atomic E-state index is 0.0558. The van der Waals surface area contributed by atoms with Gasteiger partial charge in [-0.25, -0.2) is 8.78 Å². The zero-order valence-electron chi connectivity index (χ0n) is 9.71. The predicted octanol–water partition coefficient (Wildman–Crippen LogP) is 3.30. The molecule has 0 radical (unpaired) electrons. The van der Waals surface area contributed by atoms with Crippen molar-refractivity contribution >= 4 is 17.1 Å². The summed E-state index contributed by atoms with van der Waals surface area (Å²) < 4.78 is 31.8. The molecule has 18 heavy (non-hydrogen) atoms. The lowest BCUT2D eigenvalue weighted by molar-refractivity contribution is 0.414. The van der Waals surface area contributed by atoms with Gasteiger partial charge in [0.2, 0.25) is 0 Å². The van der Waals surface area contributed by atoms with Crippen LogP contribution in [0.25, 0.3) is 0 Å². The van der Waals surface area contributed by atoms with Gasteiger partial charge in [0.1, 0.15) is 17.4 Å². The number of nitrogens with one attached hydrogen (secondary N) is 1. The van der Waals surface area contributed by atoms with Gasteiger partial charge in [-0.2, -0.15) is 0 Å². The molecule has 0 spiro atoms. The first-order valence-corrected chi connectivity index (χ1v) is 5.26. The Hall–Kier alpha value is -2.30. The molecule has 0 saturated carbocycles. The van der Waals surface area contributed by atoms with Crippen LogP contribution in [0.5, 0.6) is 5.75 Å². The molecule has 2 aromatic carbocycles. The van der Waals surface area contributed by atoms with Gasteiger partial charge in [0.15, 0.2) is 0 Å². The molecule has 0 bridgehead atoms. The van der Waals surface area contributed by atoms with Gasteiger partial charge >= 0.3 is 0 Å². The maximum atomic E-state index is 13.6. The van der Waals surface area contributed by atoms with E-state index in [4.69, 9.17) is 10.5 Å². The van der Waals surface area contributed by atoms with Crippen molar-refractivity contribution in [3.8, 4) is 5.75 Å². The molecule has 0 aliphatic rings. The van der Waals surface area contributed by atoms with Gasteiger partial charge in [0.05, 0.1) is 24.2 Å². The van der Waals surface area contributed by atoms with Crippen molar-refractivity contribution in [2.75, 3.05) is 18.2 Å². The standard InChI is InChI=1S/C13H12F2N2O/c1-18-8-5-6-9(14)12(7-8)17-11-4-2-3-10(15)13(11)16/h2-7,17H,16H2,1H3. The number of benzene rings is 2. The summed E-state index contributed by atoms with van der Waals surface area (Å²) in [6, 6.07) is 8.53. The number of para-hydroxylation sites is 1. The first-order valence-electron chi connectivity index (χ1n) is 5.26. The molecular formula is C13H12F2N2O. The maximum absolute atomic E-state index is 13.6. The Morgan fingerprint density at radius 1 is 1.06 bits per heavy atom. The molecule has 0 saturated heterocycles. The number of hydrogen-bond acceptors (Lipinski definition) is 3. The number of hydrogen-bond donors (Lipinski definition) is 2. The van der Waals surface area contributed by atoms with Gasteiger partial charge in [-0.3, -0.25) is 0 Å². The first-order chi connectivity index (χ1) is 8.61. The van der Waals surface area contributed by atoms with Crippen molar-refractivity contribution in [2.45, 2.75) is 0 Å². The normalized spacial score (nSPS) is 10.2. The van der Waals surface area contributed by atoms with Crippen LogP contribution in [0.3, 0.4) is 0 Å². The second-order valence-electron chi connectivity index (χ2n) is 3.67. The summed E-state index contributed by atoms with van der Waals surface area (Å²) in [6.45, 7) is 0. The average Bonchev–Trinajstić information content (AvgIpc) is 2.37. The second kappa shape index (κ2) is 4.91. The Labute approximate surface area is 103 Å². The largest absolute Gasteiger partial charge is 0.497 e. The molecule has 2 aromatic rings. The van der Waals surface area contributed by atoms with Crippen molar-refractivity contribution in [1.82, 2.24) is 0 Å². The molecule has 0 aliphatic heterocycles. The summed E-state index contributed by atoms with van der Waals surface area (Å²) in [6.07, 6.45) is 0. The average molecular weight is 250 g/mol. The third-order valence-corrected chi connectivity index (χ3v) is 2.50. The monoisotopic (exact) mass is 250 g/mol. The number of rotatable bonds is 3. The van der Waals surface area contributed by atoms with E-state index in [1.165, 1.54) is 37.4 Å². The Bertz CT molecular complexity index is 573. The fraction of sp³-hybridized carbons (Fsp3) is 0.0769. The van der Waals surface area contributed by atoms with Crippen molar-refractivity contribution in [3.63, 3.8) is 0 Å². The molecule has 5 heteroatoms. The molecule has 3 N–H and O–H groups in total. The highest BCUT2D eigenvalue weighted by Gasteiger charge is 2.08. The van der Waals surface area contributed by atoms with E-state index in [0.29, 0.717) is 11.4 Å². The Balaban J connectivity index is 2.36. The number of halogens is 2. The van der Waals surface area contributed by atoms with E-state index in [1.807, 2.05) is 0 Å². The highest BCUT2D eigenvalue weighted by Crippen LogP contribution is 2.28. The molecule has 0 atom stereocenters. The number of ether oxygens (including phenoxy) is 1. The van der Waals surface area contributed by atoms with Crippen LogP contribution in [-0.4, -0.2) is 7.11 Å². The summed E-state index contributed by atoms with van der Waals surface area (Å²) in [5, 5.41) is 2.74. The summed E-state index contributed by atoms with van der Waals surface area (Å²) in [5.74, 6) is -0.531. The van der Waals surface area contributed by atoms with Crippen molar-refractivity contribution in [2.24, 2.45) is 0 Å². The Morgan fingerprint density at radius 2 is 1.83 bits per heavy atom. The van der Waals surface area contributed by atoms with E-state index < -0.39 is 11.6 Å². The van der Waals surface area contributed by atoms with Crippen molar-refractivity contribution in [1.29, 1.82) is 0 Å². The van der Waals surface area contributed by atoms with E-state index in [9.17, 15) is 8.78 Å². The quantitative estimate of drug-likeness (QED) is 0.822. The molecule has 0 amide bonds. The van der Waals surface area contributed by atoms with Crippen LogP contribution in [-0.2, 0) is 0 Å². The summed E-state index contributed by atoms with van der Waals surface area (Å²) in [5.41, 5.74) is 5.98. The first kappa shape index (κ1) is 12.2. The minimum Gasteiger partial charge on any atom is -0.497 e. The van der Waals surface area contributed by atoms with Gasteiger partial charge in [-0.15, -0.1) is 0 Å². The molecule has 0 unspecified atom stereocenters. The van der Waals surface area contributed by atoms with Crippen molar-refractivity contribution < 1.29 is 13.5 Å².